The molecule has 120 valence electrons. The fraction of sp³-hybridized carbons (Fsp3) is 0.357. The minimum atomic E-state index is -3.23. The van der Waals surface area contributed by atoms with Crippen LogP contribution in [0.5, 0.6) is 0 Å². The maximum Gasteiger partial charge on any atom is 0.338 e. The summed E-state index contributed by atoms with van der Waals surface area (Å²) in [5, 5.41) is 10.5. The Hall–Kier alpha value is -1.57. The van der Waals surface area contributed by atoms with Crippen LogP contribution >= 0.6 is 11.6 Å². The number of para-hydroxylation sites is 1. The molecule has 0 unspecified atom stereocenters. The summed E-state index contributed by atoms with van der Waals surface area (Å²) in [6.45, 7) is 2.48. The normalized spacial score (nSPS) is 12.0. The van der Waals surface area contributed by atoms with E-state index in [1.165, 1.54) is 0 Å². The lowest BCUT2D eigenvalue weighted by atomic mass is 10.1. The van der Waals surface area contributed by atoms with Crippen LogP contribution in [0.4, 0.5) is 0 Å². The van der Waals surface area contributed by atoms with Gasteiger partial charge in [-0.3, -0.25) is 0 Å². The van der Waals surface area contributed by atoms with Crippen LogP contribution in [0.15, 0.2) is 18.2 Å². The van der Waals surface area contributed by atoms with Gasteiger partial charge in [-0.15, -0.1) is 0 Å². The van der Waals surface area contributed by atoms with E-state index in [9.17, 15) is 18.3 Å². The van der Waals surface area contributed by atoms with Gasteiger partial charge in [0, 0.05) is 24.2 Å². The molecule has 0 fully saturated rings. The monoisotopic (exact) mass is 344 g/mol. The molecule has 1 aromatic carbocycles. The molecule has 2 N–H and O–H groups in total. The smallest absolute Gasteiger partial charge is 0.338 e. The van der Waals surface area contributed by atoms with Crippen LogP contribution in [0, 0.1) is 6.92 Å². The number of nitrogens with zero attached hydrogens (tertiary/aromatic N) is 1. The highest BCUT2D eigenvalue weighted by molar-refractivity contribution is 7.88. The molecular formula is C14H17ClN2O4S. The molecule has 1 heterocycles. The molecule has 0 spiro atoms. The number of aromatic carboxylic acids is 1. The minimum Gasteiger partial charge on any atom is -0.478 e. The van der Waals surface area contributed by atoms with E-state index in [0.717, 1.165) is 6.26 Å². The number of nitrogens with one attached hydrogen (secondary N) is 1. The molecule has 0 saturated carbocycles. The molecule has 22 heavy (non-hydrogen) atoms. The zero-order valence-electron chi connectivity index (χ0n) is 12.3. The number of aryl methyl sites for hydroxylation is 1. The lowest BCUT2D eigenvalue weighted by Gasteiger charge is -2.09. The van der Waals surface area contributed by atoms with Crippen molar-refractivity contribution in [3.63, 3.8) is 0 Å². The quantitative estimate of drug-likeness (QED) is 0.786. The van der Waals surface area contributed by atoms with E-state index in [1.54, 1.807) is 25.1 Å². The Morgan fingerprint density at radius 1 is 1.41 bits per heavy atom. The van der Waals surface area contributed by atoms with Gasteiger partial charge in [-0.05, 0) is 19.4 Å². The topological polar surface area (TPSA) is 88.4 Å². The molecule has 0 radical (unpaired) electrons. The van der Waals surface area contributed by atoms with Crippen LogP contribution in [-0.2, 0) is 16.6 Å². The number of hydrogen-bond acceptors (Lipinski definition) is 3. The van der Waals surface area contributed by atoms with Gasteiger partial charge in [-0.1, -0.05) is 23.7 Å². The summed E-state index contributed by atoms with van der Waals surface area (Å²) in [4.78, 5) is 11.5. The van der Waals surface area contributed by atoms with Gasteiger partial charge in [0.05, 0.1) is 22.4 Å². The third kappa shape index (κ3) is 3.43. The maximum absolute atomic E-state index is 11.5. The standard InChI is InChI=1S/C14H17ClN2O4S/c1-9-12(14(18)19)10-5-3-6-11(15)13(10)17(9)8-4-7-16-22(2,20)21/h3,5-6,16H,4,7-8H2,1-2H3,(H,18,19). The van der Waals surface area contributed by atoms with Crippen molar-refractivity contribution in [1.82, 2.24) is 9.29 Å². The first kappa shape index (κ1) is 16.8. The van der Waals surface area contributed by atoms with Crippen LogP contribution in [0.25, 0.3) is 10.9 Å². The van der Waals surface area contributed by atoms with Crippen molar-refractivity contribution in [3.8, 4) is 0 Å². The summed E-state index contributed by atoms with van der Waals surface area (Å²) in [5.41, 5.74) is 1.50. The van der Waals surface area contributed by atoms with Crippen molar-refractivity contribution in [2.75, 3.05) is 12.8 Å². The number of rotatable bonds is 6. The fourth-order valence-electron chi connectivity index (χ4n) is 2.53. The Bertz CT molecular complexity index is 827. The van der Waals surface area contributed by atoms with Crippen LogP contribution in [0.2, 0.25) is 5.02 Å². The van der Waals surface area contributed by atoms with Gasteiger partial charge in [0.15, 0.2) is 0 Å². The largest absolute Gasteiger partial charge is 0.478 e. The predicted octanol–water partition coefficient (Wildman–Crippen LogP) is 2.24. The molecule has 0 amide bonds. The number of aromatic nitrogens is 1. The molecule has 0 aliphatic carbocycles. The first-order valence-corrected chi connectivity index (χ1v) is 8.94. The summed E-state index contributed by atoms with van der Waals surface area (Å²) < 4.78 is 26.3. The third-order valence-electron chi connectivity index (χ3n) is 3.43. The molecule has 0 bridgehead atoms. The van der Waals surface area contributed by atoms with Gasteiger partial charge < -0.3 is 9.67 Å². The molecule has 2 rings (SSSR count). The van der Waals surface area contributed by atoms with Crippen molar-refractivity contribution in [2.45, 2.75) is 19.9 Å². The lowest BCUT2D eigenvalue weighted by Crippen LogP contribution is -2.24. The lowest BCUT2D eigenvalue weighted by molar-refractivity contribution is 0.0698. The van der Waals surface area contributed by atoms with Crippen LogP contribution in [-0.4, -0.2) is 36.9 Å². The molecule has 0 saturated heterocycles. The number of halogens is 1. The Kier molecular flexibility index (Phi) is 4.79. The van der Waals surface area contributed by atoms with Crippen molar-refractivity contribution < 1.29 is 18.3 Å². The maximum atomic E-state index is 11.5. The van der Waals surface area contributed by atoms with Crippen molar-refractivity contribution >= 4 is 38.5 Å². The summed E-state index contributed by atoms with van der Waals surface area (Å²) >= 11 is 6.21. The number of sulfonamides is 1. The average molecular weight is 345 g/mol. The Balaban J connectivity index is 2.37. The Morgan fingerprint density at radius 2 is 2.09 bits per heavy atom. The van der Waals surface area contributed by atoms with Crippen molar-refractivity contribution in [3.05, 3.63) is 34.5 Å². The first-order chi connectivity index (χ1) is 10.2. The van der Waals surface area contributed by atoms with E-state index in [2.05, 4.69) is 4.72 Å². The van der Waals surface area contributed by atoms with Crippen molar-refractivity contribution in [1.29, 1.82) is 0 Å². The van der Waals surface area contributed by atoms with E-state index in [-0.39, 0.29) is 12.1 Å². The second-order valence-corrected chi connectivity index (χ2v) is 7.31. The van der Waals surface area contributed by atoms with Gasteiger partial charge in [-0.2, -0.15) is 0 Å². The Morgan fingerprint density at radius 3 is 2.68 bits per heavy atom. The number of hydrogen-bond donors (Lipinski definition) is 2. The van der Waals surface area contributed by atoms with Gasteiger partial charge in [0.25, 0.3) is 0 Å². The van der Waals surface area contributed by atoms with Crippen molar-refractivity contribution in [2.24, 2.45) is 0 Å². The molecule has 1 aromatic heterocycles. The second kappa shape index (κ2) is 6.28. The van der Waals surface area contributed by atoms with E-state index in [0.29, 0.717) is 34.6 Å². The molecule has 0 atom stereocenters. The highest BCUT2D eigenvalue weighted by Crippen LogP contribution is 2.31. The highest BCUT2D eigenvalue weighted by Gasteiger charge is 2.20. The average Bonchev–Trinajstić information content (AvgIpc) is 2.67. The fourth-order valence-corrected chi connectivity index (χ4v) is 3.32. The van der Waals surface area contributed by atoms with E-state index in [1.807, 2.05) is 4.57 Å². The van der Waals surface area contributed by atoms with E-state index < -0.39 is 16.0 Å². The van der Waals surface area contributed by atoms with Crippen LogP contribution < -0.4 is 4.72 Å². The summed E-state index contributed by atoms with van der Waals surface area (Å²) in [7, 11) is -3.23. The highest BCUT2D eigenvalue weighted by atomic mass is 35.5. The molecule has 8 heteroatoms. The number of fused-ring (bicyclic) bond motifs is 1. The van der Waals surface area contributed by atoms with Gasteiger partial charge in [-0.25, -0.2) is 17.9 Å². The minimum absolute atomic E-state index is 0.230. The molecule has 0 aliphatic rings. The summed E-state index contributed by atoms with van der Waals surface area (Å²) in [6, 6.07) is 5.15. The molecule has 2 aromatic rings. The van der Waals surface area contributed by atoms with Gasteiger partial charge in [0.2, 0.25) is 10.0 Å². The summed E-state index contributed by atoms with van der Waals surface area (Å²) in [6.07, 6.45) is 1.63. The number of carboxylic acid groups (broad SMARTS) is 1. The second-order valence-electron chi connectivity index (χ2n) is 5.07. The van der Waals surface area contributed by atoms with Gasteiger partial charge in [0.1, 0.15) is 0 Å². The van der Waals surface area contributed by atoms with E-state index >= 15 is 0 Å². The number of benzene rings is 1. The molecule has 6 nitrogen and oxygen atoms in total. The van der Waals surface area contributed by atoms with E-state index in [4.69, 9.17) is 11.6 Å². The third-order valence-corrected chi connectivity index (χ3v) is 4.46. The van der Waals surface area contributed by atoms with Crippen LogP contribution in [0.1, 0.15) is 22.5 Å². The zero-order valence-corrected chi connectivity index (χ0v) is 13.8. The Labute approximate surface area is 133 Å². The molecule has 0 aliphatic heterocycles. The predicted molar refractivity (Wildman–Crippen MR) is 86.1 cm³/mol. The zero-order chi connectivity index (χ0) is 16.5. The number of carboxylic acids is 1. The van der Waals surface area contributed by atoms with Gasteiger partial charge >= 0.3 is 5.97 Å². The first-order valence-electron chi connectivity index (χ1n) is 6.67. The SMILES string of the molecule is Cc1c(C(=O)O)c2cccc(Cl)c2n1CCCNS(C)(=O)=O. The summed E-state index contributed by atoms with van der Waals surface area (Å²) in [5.74, 6) is -1.00. The molecular weight excluding hydrogens is 328 g/mol. The number of carbonyl (C=O) groups is 1. The van der Waals surface area contributed by atoms with Crippen LogP contribution in [0.3, 0.4) is 0 Å².